The van der Waals surface area contributed by atoms with Gasteiger partial charge in [-0.05, 0) is 0 Å². The van der Waals surface area contributed by atoms with E-state index in [1.165, 1.54) is 12.7 Å². The van der Waals surface area contributed by atoms with Crippen molar-refractivity contribution in [3.63, 3.8) is 0 Å². The Balaban J connectivity index is 2.52. The predicted molar refractivity (Wildman–Crippen MR) is 48.8 cm³/mol. The summed E-state index contributed by atoms with van der Waals surface area (Å²) in [7, 11) is 0. The van der Waals surface area contributed by atoms with Gasteiger partial charge in [0.1, 0.15) is 6.29 Å². The molecule has 0 aliphatic carbocycles. The van der Waals surface area contributed by atoms with Crippen LogP contribution in [0.2, 0.25) is 0 Å². The Morgan fingerprint density at radius 3 is 3.14 bits per heavy atom. The van der Waals surface area contributed by atoms with Crippen molar-refractivity contribution in [1.29, 1.82) is 0 Å². The van der Waals surface area contributed by atoms with Crippen molar-refractivity contribution in [2.45, 2.75) is 13.0 Å². The van der Waals surface area contributed by atoms with E-state index in [9.17, 15) is 9.59 Å². The number of hydrogen-bond donors (Lipinski definition) is 1. The minimum Gasteiger partial charge on any atom is -0.315 e. The van der Waals surface area contributed by atoms with Crippen LogP contribution in [0.4, 0.5) is 0 Å². The van der Waals surface area contributed by atoms with Crippen LogP contribution < -0.4 is 5.56 Å². The number of rotatable bonds is 3. The van der Waals surface area contributed by atoms with E-state index in [1.54, 1.807) is 4.57 Å². The van der Waals surface area contributed by atoms with Crippen molar-refractivity contribution in [2.24, 2.45) is 0 Å². The topological polar surface area (TPSA) is 80.6 Å². The van der Waals surface area contributed by atoms with Crippen LogP contribution in [-0.2, 0) is 11.3 Å². The molecule has 72 valence electrons. The Labute approximate surface area is 78.6 Å². The molecule has 0 spiro atoms. The van der Waals surface area contributed by atoms with Crippen molar-refractivity contribution in [1.82, 2.24) is 19.5 Å². The quantitative estimate of drug-likeness (QED) is 0.677. The second kappa shape index (κ2) is 3.41. The van der Waals surface area contributed by atoms with Gasteiger partial charge in [0, 0.05) is 13.0 Å². The van der Waals surface area contributed by atoms with Crippen LogP contribution in [-0.4, -0.2) is 25.8 Å². The standard InChI is InChI=1S/C8H8N4O2/c13-3-1-2-12-5-11-6-7(12)9-4-10-8(6)14/h3-5H,1-2H2,(H,9,10,14). The highest BCUT2D eigenvalue weighted by Crippen LogP contribution is 2.03. The lowest BCUT2D eigenvalue weighted by molar-refractivity contribution is -0.108. The largest absolute Gasteiger partial charge is 0.315 e. The van der Waals surface area contributed by atoms with Gasteiger partial charge in [-0.25, -0.2) is 9.97 Å². The Morgan fingerprint density at radius 2 is 2.36 bits per heavy atom. The zero-order valence-corrected chi connectivity index (χ0v) is 7.30. The Hall–Kier alpha value is -1.98. The number of carbonyl (C=O) groups excluding carboxylic acids is 1. The van der Waals surface area contributed by atoms with Gasteiger partial charge in [-0.1, -0.05) is 0 Å². The van der Waals surface area contributed by atoms with E-state index in [2.05, 4.69) is 15.0 Å². The molecule has 0 aliphatic heterocycles. The lowest BCUT2D eigenvalue weighted by Gasteiger charge is -1.97. The monoisotopic (exact) mass is 192 g/mol. The maximum atomic E-state index is 11.2. The van der Waals surface area contributed by atoms with Crippen LogP contribution in [0.3, 0.4) is 0 Å². The molecule has 0 atom stereocenters. The summed E-state index contributed by atoms with van der Waals surface area (Å²) in [6.07, 6.45) is 4.04. The van der Waals surface area contributed by atoms with Crippen molar-refractivity contribution in [3.05, 3.63) is 23.0 Å². The average molecular weight is 192 g/mol. The van der Waals surface area contributed by atoms with Crippen molar-refractivity contribution in [3.8, 4) is 0 Å². The summed E-state index contributed by atoms with van der Waals surface area (Å²) < 4.78 is 1.68. The van der Waals surface area contributed by atoms with Gasteiger partial charge in [0.25, 0.3) is 5.56 Å². The molecule has 0 amide bonds. The molecule has 1 N–H and O–H groups in total. The van der Waals surface area contributed by atoms with E-state index in [1.807, 2.05) is 0 Å². The SMILES string of the molecule is O=CCCn1cnc2c(=O)[nH]cnc21. The van der Waals surface area contributed by atoms with E-state index >= 15 is 0 Å². The van der Waals surface area contributed by atoms with E-state index in [0.717, 1.165) is 6.29 Å². The van der Waals surface area contributed by atoms with Gasteiger partial charge >= 0.3 is 0 Å². The van der Waals surface area contributed by atoms with Crippen LogP contribution in [0.25, 0.3) is 11.2 Å². The summed E-state index contributed by atoms with van der Waals surface area (Å²) in [5.74, 6) is 0. The highest BCUT2D eigenvalue weighted by molar-refractivity contribution is 5.68. The molecule has 2 heterocycles. The van der Waals surface area contributed by atoms with Gasteiger partial charge in [-0.15, -0.1) is 0 Å². The van der Waals surface area contributed by atoms with Gasteiger partial charge in [0.05, 0.1) is 12.7 Å². The number of aldehydes is 1. The number of H-pyrrole nitrogens is 1. The molecule has 6 nitrogen and oxygen atoms in total. The van der Waals surface area contributed by atoms with Gasteiger partial charge in [0.2, 0.25) is 0 Å². The summed E-state index contributed by atoms with van der Waals surface area (Å²) in [6, 6.07) is 0. The normalized spacial score (nSPS) is 10.6. The summed E-state index contributed by atoms with van der Waals surface area (Å²) in [5, 5.41) is 0. The molecule has 2 aromatic heterocycles. The molecule has 0 aliphatic rings. The number of imidazole rings is 1. The van der Waals surface area contributed by atoms with Crippen molar-refractivity contribution in [2.75, 3.05) is 0 Å². The third-order valence-corrected chi connectivity index (χ3v) is 1.90. The molecule has 0 radical (unpaired) electrons. The molecular weight excluding hydrogens is 184 g/mol. The molecule has 0 aromatic carbocycles. The number of nitrogens with zero attached hydrogens (tertiary/aromatic N) is 3. The maximum absolute atomic E-state index is 11.2. The summed E-state index contributed by atoms with van der Waals surface area (Å²) >= 11 is 0. The number of aromatic nitrogens is 4. The number of aromatic amines is 1. The van der Waals surface area contributed by atoms with Crippen LogP contribution in [0, 0.1) is 0 Å². The number of aryl methyl sites for hydroxylation is 1. The van der Waals surface area contributed by atoms with Crippen LogP contribution in [0.1, 0.15) is 6.42 Å². The highest BCUT2D eigenvalue weighted by atomic mass is 16.1. The zero-order valence-electron chi connectivity index (χ0n) is 7.30. The molecule has 0 fully saturated rings. The Bertz CT molecular complexity index is 513. The van der Waals surface area contributed by atoms with E-state index in [-0.39, 0.29) is 5.56 Å². The van der Waals surface area contributed by atoms with Crippen LogP contribution in [0.15, 0.2) is 17.4 Å². The minimum absolute atomic E-state index is 0.264. The van der Waals surface area contributed by atoms with Crippen molar-refractivity contribution >= 4 is 17.5 Å². The molecule has 6 heteroatoms. The molecule has 0 saturated carbocycles. The van der Waals surface area contributed by atoms with Gasteiger partial charge in [-0.2, -0.15) is 0 Å². The molecule has 0 bridgehead atoms. The number of hydrogen-bond acceptors (Lipinski definition) is 4. The zero-order chi connectivity index (χ0) is 9.97. The smallest absolute Gasteiger partial charge is 0.278 e. The number of nitrogens with one attached hydrogen (secondary N) is 1. The molecule has 14 heavy (non-hydrogen) atoms. The fourth-order valence-corrected chi connectivity index (χ4v) is 1.25. The Morgan fingerprint density at radius 1 is 1.50 bits per heavy atom. The highest BCUT2D eigenvalue weighted by Gasteiger charge is 2.05. The van der Waals surface area contributed by atoms with Gasteiger partial charge < -0.3 is 14.3 Å². The van der Waals surface area contributed by atoms with Crippen molar-refractivity contribution < 1.29 is 4.79 Å². The molecular formula is C8H8N4O2. The summed E-state index contributed by atoms with van der Waals surface area (Å²) in [5.41, 5.74) is 0.550. The second-order valence-corrected chi connectivity index (χ2v) is 2.80. The second-order valence-electron chi connectivity index (χ2n) is 2.80. The average Bonchev–Trinajstić information content (AvgIpc) is 2.60. The van der Waals surface area contributed by atoms with E-state index < -0.39 is 0 Å². The van der Waals surface area contributed by atoms with E-state index in [0.29, 0.717) is 24.1 Å². The van der Waals surface area contributed by atoms with Crippen LogP contribution >= 0.6 is 0 Å². The first-order valence-corrected chi connectivity index (χ1v) is 4.15. The van der Waals surface area contributed by atoms with Gasteiger partial charge in [0.15, 0.2) is 11.2 Å². The van der Waals surface area contributed by atoms with E-state index in [4.69, 9.17) is 0 Å². The number of fused-ring (bicyclic) bond motifs is 1. The fraction of sp³-hybridized carbons (Fsp3) is 0.250. The molecule has 0 unspecified atom stereocenters. The summed E-state index contributed by atoms with van der Waals surface area (Å²) in [4.78, 5) is 31.7. The lowest BCUT2D eigenvalue weighted by atomic mass is 10.4. The summed E-state index contributed by atoms with van der Waals surface area (Å²) in [6.45, 7) is 0.496. The lowest BCUT2D eigenvalue weighted by Crippen LogP contribution is -2.07. The molecule has 2 aromatic rings. The molecule has 0 saturated heterocycles. The number of carbonyl (C=O) groups is 1. The maximum Gasteiger partial charge on any atom is 0.278 e. The first-order chi connectivity index (χ1) is 6.83. The van der Waals surface area contributed by atoms with Crippen LogP contribution in [0.5, 0.6) is 0 Å². The fourth-order valence-electron chi connectivity index (χ4n) is 1.25. The predicted octanol–water partition coefficient (Wildman–Crippen LogP) is -0.291. The Kier molecular flexibility index (Phi) is 2.10. The van der Waals surface area contributed by atoms with Gasteiger partial charge in [-0.3, -0.25) is 4.79 Å². The first kappa shape index (κ1) is 8.61. The third kappa shape index (κ3) is 1.30. The first-order valence-electron chi connectivity index (χ1n) is 4.15. The minimum atomic E-state index is -0.264. The third-order valence-electron chi connectivity index (χ3n) is 1.90. The molecule has 2 rings (SSSR count).